The lowest BCUT2D eigenvalue weighted by Gasteiger charge is -2.42. The summed E-state index contributed by atoms with van der Waals surface area (Å²) in [7, 11) is 1.65. The molecule has 2 aromatic carbocycles. The number of halogens is 1. The van der Waals surface area contributed by atoms with Gasteiger partial charge in [0.25, 0.3) is 5.91 Å². The molecular weight excluding hydrogens is 499 g/mol. The average Bonchev–Trinajstić information content (AvgIpc) is 2.91. The zero-order valence-corrected chi connectivity index (χ0v) is 23.2. The van der Waals surface area contributed by atoms with Crippen molar-refractivity contribution in [2.45, 2.75) is 45.7 Å². The summed E-state index contributed by atoms with van der Waals surface area (Å²) in [5, 5.41) is 2.97. The third kappa shape index (κ3) is 6.14. The van der Waals surface area contributed by atoms with Gasteiger partial charge in [0.1, 0.15) is 5.82 Å². The SMILES string of the molecule is CCOC(=O)C1=C(CN2CCN(C(=O)c3cccc(F)c3)C(C)C2)N(C)C(=O)NC1c1ccc(C(C)C)cc1. The number of hydrogen-bond acceptors (Lipinski definition) is 5. The fourth-order valence-corrected chi connectivity index (χ4v) is 5.20. The Morgan fingerprint density at radius 1 is 1.13 bits per heavy atom. The summed E-state index contributed by atoms with van der Waals surface area (Å²) in [4.78, 5) is 44.7. The second-order valence-electron chi connectivity index (χ2n) is 10.4. The molecule has 0 radical (unpaired) electrons. The third-order valence-electron chi connectivity index (χ3n) is 7.43. The number of carbonyl (C=O) groups excluding carboxylic acids is 3. The quantitative estimate of drug-likeness (QED) is 0.534. The molecule has 0 saturated carbocycles. The topological polar surface area (TPSA) is 82.2 Å². The van der Waals surface area contributed by atoms with Gasteiger partial charge in [-0.1, -0.05) is 44.2 Å². The Hall–Kier alpha value is -3.72. The number of urea groups is 1. The summed E-state index contributed by atoms with van der Waals surface area (Å²) >= 11 is 0. The third-order valence-corrected chi connectivity index (χ3v) is 7.43. The number of amides is 3. The normalized spacial score (nSPS) is 20.3. The van der Waals surface area contributed by atoms with Gasteiger partial charge in [0.15, 0.2) is 0 Å². The second-order valence-corrected chi connectivity index (χ2v) is 10.4. The van der Waals surface area contributed by atoms with Crippen LogP contribution in [0.5, 0.6) is 0 Å². The van der Waals surface area contributed by atoms with Crippen molar-refractivity contribution in [3.05, 3.63) is 82.3 Å². The van der Waals surface area contributed by atoms with Crippen molar-refractivity contribution in [3.63, 3.8) is 0 Å². The monoisotopic (exact) mass is 536 g/mol. The maximum Gasteiger partial charge on any atom is 0.338 e. The largest absolute Gasteiger partial charge is 0.463 e. The van der Waals surface area contributed by atoms with E-state index in [4.69, 9.17) is 4.74 Å². The summed E-state index contributed by atoms with van der Waals surface area (Å²) < 4.78 is 19.1. The van der Waals surface area contributed by atoms with Crippen LogP contribution >= 0.6 is 0 Å². The lowest BCUT2D eigenvalue weighted by molar-refractivity contribution is -0.139. The second kappa shape index (κ2) is 12.0. The number of nitrogens with one attached hydrogen (secondary N) is 1. The van der Waals surface area contributed by atoms with E-state index in [1.807, 2.05) is 31.2 Å². The Morgan fingerprint density at radius 2 is 1.85 bits per heavy atom. The van der Waals surface area contributed by atoms with Gasteiger partial charge in [0.2, 0.25) is 0 Å². The number of rotatable bonds is 7. The van der Waals surface area contributed by atoms with E-state index in [1.165, 1.54) is 28.7 Å². The molecule has 2 unspecified atom stereocenters. The first-order chi connectivity index (χ1) is 18.6. The minimum absolute atomic E-state index is 0.150. The van der Waals surface area contributed by atoms with Gasteiger partial charge in [-0.15, -0.1) is 0 Å². The van der Waals surface area contributed by atoms with Gasteiger partial charge in [0.05, 0.1) is 18.2 Å². The maximum absolute atomic E-state index is 13.7. The lowest BCUT2D eigenvalue weighted by atomic mass is 9.92. The van der Waals surface area contributed by atoms with Crippen molar-refractivity contribution in [3.8, 4) is 0 Å². The summed E-state index contributed by atoms with van der Waals surface area (Å²) in [5.74, 6) is -0.773. The highest BCUT2D eigenvalue weighted by Crippen LogP contribution is 2.32. The molecule has 0 bridgehead atoms. The minimum Gasteiger partial charge on any atom is -0.463 e. The molecule has 1 fully saturated rings. The van der Waals surface area contributed by atoms with Crippen molar-refractivity contribution in [2.24, 2.45) is 0 Å². The molecule has 0 aliphatic carbocycles. The smallest absolute Gasteiger partial charge is 0.338 e. The van der Waals surface area contributed by atoms with Crippen LogP contribution in [0.4, 0.5) is 9.18 Å². The van der Waals surface area contributed by atoms with E-state index in [0.29, 0.717) is 48.9 Å². The molecule has 9 heteroatoms. The molecule has 8 nitrogen and oxygen atoms in total. The van der Waals surface area contributed by atoms with E-state index < -0.39 is 17.8 Å². The number of ether oxygens (including phenoxy) is 1. The highest BCUT2D eigenvalue weighted by Gasteiger charge is 2.38. The molecule has 2 aliphatic heterocycles. The van der Waals surface area contributed by atoms with Gasteiger partial charge >= 0.3 is 12.0 Å². The maximum atomic E-state index is 13.7. The number of hydrogen-bond donors (Lipinski definition) is 1. The molecule has 2 aromatic rings. The Labute approximate surface area is 229 Å². The Morgan fingerprint density at radius 3 is 2.46 bits per heavy atom. The van der Waals surface area contributed by atoms with E-state index in [0.717, 1.165) is 5.56 Å². The summed E-state index contributed by atoms with van der Waals surface area (Å²) in [5.41, 5.74) is 3.27. The zero-order chi connectivity index (χ0) is 28.3. The number of likely N-dealkylation sites (N-methyl/N-ethyl adjacent to an activating group) is 1. The number of esters is 1. The molecule has 39 heavy (non-hydrogen) atoms. The van der Waals surface area contributed by atoms with Crippen LogP contribution in [-0.4, -0.2) is 78.5 Å². The number of nitrogens with zero attached hydrogens (tertiary/aromatic N) is 3. The predicted molar refractivity (Wildman–Crippen MR) is 147 cm³/mol. The van der Waals surface area contributed by atoms with E-state index >= 15 is 0 Å². The van der Waals surface area contributed by atoms with Crippen LogP contribution in [0.25, 0.3) is 0 Å². The van der Waals surface area contributed by atoms with Gasteiger partial charge in [-0.3, -0.25) is 14.6 Å². The fraction of sp³-hybridized carbons (Fsp3) is 0.433. The molecule has 0 aromatic heterocycles. The average molecular weight is 537 g/mol. The molecule has 0 spiro atoms. The first kappa shape index (κ1) is 28.3. The van der Waals surface area contributed by atoms with Gasteiger partial charge in [-0.2, -0.15) is 0 Å². The molecular formula is C30H37FN4O4. The standard InChI is InChI=1S/C30H37FN4O4/c1-6-39-29(37)26-25(33(5)30(38)32-27(26)22-12-10-21(11-13-22)19(2)3)18-34-14-15-35(20(4)17-34)28(36)23-8-7-9-24(31)16-23/h7-13,16,19-20,27H,6,14-15,17-18H2,1-5H3,(H,32,38). The van der Waals surface area contributed by atoms with Crippen LogP contribution in [0.2, 0.25) is 0 Å². The summed E-state index contributed by atoms with van der Waals surface area (Å²) in [6, 6.07) is 12.5. The molecule has 2 aliphatic rings. The van der Waals surface area contributed by atoms with Crippen LogP contribution in [0.1, 0.15) is 61.1 Å². The van der Waals surface area contributed by atoms with Crippen molar-refractivity contribution in [1.82, 2.24) is 20.0 Å². The fourth-order valence-electron chi connectivity index (χ4n) is 5.20. The van der Waals surface area contributed by atoms with E-state index in [9.17, 15) is 18.8 Å². The molecule has 1 saturated heterocycles. The Bertz CT molecular complexity index is 1260. The van der Waals surface area contributed by atoms with E-state index in [2.05, 4.69) is 24.1 Å². The van der Waals surface area contributed by atoms with E-state index in [1.54, 1.807) is 24.9 Å². The van der Waals surface area contributed by atoms with Crippen LogP contribution in [0.15, 0.2) is 59.8 Å². The molecule has 3 amide bonds. The number of piperazine rings is 1. The van der Waals surface area contributed by atoms with Gasteiger partial charge in [0, 0.05) is 50.5 Å². The number of carbonyl (C=O) groups is 3. The van der Waals surface area contributed by atoms with Crippen molar-refractivity contribution in [1.29, 1.82) is 0 Å². The van der Waals surface area contributed by atoms with Crippen LogP contribution in [0.3, 0.4) is 0 Å². The Balaban J connectivity index is 1.60. The lowest BCUT2D eigenvalue weighted by Crippen LogP contribution is -2.56. The van der Waals surface area contributed by atoms with Crippen LogP contribution in [-0.2, 0) is 9.53 Å². The number of benzene rings is 2. The summed E-state index contributed by atoms with van der Waals surface area (Å²) in [6.45, 7) is 9.98. The van der Waals surface area contributed by atoms with Crippen LogP contribution < -0.4 is 5.32 Å². The highest BCUT2D eigenvalue weighted by molar-refractivity contribution is 5.95. The Kier molecular flexibility index (Phi) is 8.70. The first-order valence-electron chi connectivity index (χ1n) is 13.4. The zero-order valence-electron chi connectivity index (χ0n) is 23.2. The van der Waals surface area contributed by atoms with Gasteiger partial charge in [-0.25, -0.2) is 14.0 Å². The minimum atomic E-state index is -0.641. The van der Waals surface area contributed by atoms with Crippen molar-refractivity contribution < 1.29 is 23.5 Å². The van der Waals surface area contributed by atoms with E-state index in [-0.39, 0.29) is 24.6 Å². The van der Waals surface area contributed by atoms with Crippen molar-refractivity contribution in [2.75, 3.05) is 39.8 Å². The highest BCUT2D eigenvalue weighted by atomic mass is 19.1. The van der Waals surface area contributed by atoms with Crippen LogP contribution in [0, 0.1) is 5.82 Å². The van der Waals surface area contributed by atoms with Gasteiger partial charge in [-0.05, 0) is 49.1 Å². The first-order valence-corrected chi connectivity index (χ1v) is 13.4. The van der Waals surface area contributed by atoms with Crippen molar-refractivity contribution >= 4 is 17.9 Å². The molecule has 4 rings (SSSR count). The molecule has 2 heterocycles. The molecule has 1 N–H and O–H groups in total. The molecule has 2 atom stereocenters. The van der Waals surface area contributed by atoms with Gasteiger partial charge < -0.3 is 15.0 Å². The molecule has 208 valence electrons. The summed E-state index contributed by atoms with van der Waals surface area (Å²) in [6.07, 6.45) is 0. The predicted octanol–water partition coefficient (Wildman–Crippen LogP) is 4.31.